The predicted octanol–water partition coefficient (Wildman–Crippen LogP) is 0.393. The summed E-state index contributed by atoms with van der Waals surface area (Å²) < 4.78 is 22.5. The lowest BCUT2D eigenvalue weighted by Gasteiger charge is -2.05. The normalized spacial score (nSPS) is 10.6. The summed E-state index contributed by atoms with van der Waals surface area (Å²) in [5, 5.41) is 2.56. The molecule has 96 valence electrons. The minimum atomic E-state index is -3.47. The zero-order valence-corrected chi connectivity index (χ0v) is 10.7. The number of carbonyl (C=O) groups excluding carboxylic acids is 1. The van der Waals surface area contributed by atoms with Crippen LogP contribution in [0, 0.1) is 12.3 Å². The van der Waals surface area contributed by atoms with Crippen LogP contribution in [0.1, 0.15) is 5.56 Å². The zero-order chi connectivity index (χ0) is 13.4. The minimum Gasteiger partial charge on any atom is -0.355 e. The maximum Gasteiger partial charge on any atom is 0.235 e. The van der Waals surface area contributed by atoms with E-state index in [0.717, 1.165) is 5.56 Å². The van der Waals surface area contributed by atoms with Crippen molar-refractivity contribution in [3.8, 4) is 12.3 Å². The molecule has 0 saturated carbocycles. The summed E-state index contributed by atoms with van der Waals surface area (Å²) in [4.78, 5) is 11.4. The van der Waals surface area contributed by atoms with Crippen LogP contribution >= 0.6 is 0 Å². The van der Waals surface area contributed by atoms with Crippen LogP contribution in [0.5, 0.6) is 0 Å². The molecule has 1 rings (SSSR count). The first-order valence-electron chi connectivity index (χ1n) is 5.48. The van der Waals surface area contributed by atoms with Gasteiger partial charge in [0.15, 0.2) is 9.84 Å². The summed E-state index contributed by atoms with van der Waals surface area (Å²) in [5.74, 6) is 0.561. The molecule has 0 aliphatic rings. The van der Waals surface area contributed by atoms with E-state index in [1.807, 2.05) is 36.3 Å². The summed E-state index contributed by atoms with van der Waals surface area (Å²) in [5.41, 5.74) is 1.09. The van der Waals surface area contributed by atoms with Gasteiger partial charge in [0.25, 0.3) is 0 Å². The second kappa shape index (κ2) is 6.82. The van der Waals surface area contributed by atoms with Gasteiger partial charge >= 0.3 is 0 Å². The van der Waals surface area contributed by atoms with Gasteiger partial charge in [-0.1, -0.05) is 36.3 Å². The lowest BCUT2D eigenvalue weighted by atomic mass is 10.1. The van der Waals surface area contributed by atoms with E-state index in [2.05, 4.69) is 5.32 Å². The first kappa shape index (κ1) is 14.3. The highest BCUT2D eigenvalue weighted by Crippen LogP contribution is 1.98. The van der Waals surface area contributed by atoms with Gasteiger partial charge in [0.1, 0.15) is 11.5 Å². The molecule has 0 spiro atoms. The van der Waals surface area contributed by atoms with E-state index < -0.39 is 27.3 Å². The maximum absolute atomic E-state index is 11.4. The van der Waals surface area contributed by atoms with Gasteiger partial charge in [0.2, 0.25) is 5.91 Å². The van der Waals surface area contributed by atoms with E-state index in [4.69, 9.17) is 6.42 Å². The van der Waals surface area contributed by atoms with E-state index in [1.165, 1.54) is 0 Å². The Morgan fingerprint density at radius 2 is 1.94 bits per heavy atom. The third kappa shape index (κ3) is 5.51. The van der Waals surface area contributed by atoms with Crippen molar-refractivity contribution in [2.75, 3.05) is 18.1 Å². The van der Waals surface area contributed by atoms with Crippen LogP contribution in [-0.2, 0) is 21.1 Å². The molecule has 1 amide bonds. The fraction of sp³-hybridized carbons (Fsp3) is 0.308. The predicted molar refractivity (Wildman–Crippen MR) is 70.6 cm³/mol. The molecule has 0 radical (unpaired) electrons. The Morgan fingerprint density at radius 3 is 2.56 bits per heavy atom. The van der Waals surface area contributed by atoms with Gasteiger partial charge in [-0.3, -0.25) is 4.79 Å². The molecule has 5 heteroatoms. The maximum atomic E-state index is 11.4. The number of amides is 1. The number of nitrogens with one attached hydrogen (secondary N) is 1. The Hall–Kier alpha value is -1.80. The molecular formula is C13H15NO3S. The summed E-state index contributed by atoms with van der Waals surface area (Å²) in [7, 11) is -3.47. The van der Waals surface area contributed by atoms with E-state index in [0.29, 0.717) is 13.0 Å². The Bertz CT molecular complexity index is 529. The van der Waals surface area contributed by atoms with Crippen LogP contribution in [0.15, 0.2) is 30.3 Å². The molecule has 0 bridgehead atoms. The van der Waals surface area contributed by atoms with Crippen molar-refractivity contribution in [2.24, 2.45) is 0 Å². The third-order valence-electron chi connectivity index (χ3n) is 2.23. The Labute approximate surface area is 107 Å². The number of rotatable bonds is 6. The van der Waals surface area contributed by atoms with Crippen molar-refractivity contribution in [1.29, 1.82) is 0 Å². The van der Waals surface area contributed by atoms with Crippen molar-refractivity contribution in [3.63, 3.8) is 0 Å². The highest BCUT2D eigenvalue weighted by atomic mass is 32.2. The summed E-state index contributed by atoms with van der Waals surface area (Å²) in [6.45, 7) is 0.411. The van der Waals surface area contributed by atoms with Gasteiger partial charge in [-0.2, -0.15) is 0 Å². The van der Waals surface area contributed by atoms with Crippen molar-refractivity contribution in [2.45, 2.75) is 6.42 Å². The highest BCUT2D eigenvalue weighted by Gasteiger charge is 2.14. The van der Waals surface area contributed by atoms with Crippen LogP contribution in [0.25, 0.3) is 0 Å². The molecule has 4 nitrogen and oxygen atoms in total. The van der Waals surface area contributed by atoms with Crippen LogP contribution in [0.3, 0.4) is 0 Å². The van der Waals surface area contributed by atoms with Gasteiger partial charge in [-0.15, -0.1) is 6.42 Å². The van der Waals surface area contributed by atoms with E-state index >= 15 is 0 Å². The zero-order valence-electron chi connectivity index (χ0n) is 9.93. The number of carbonyl (C=O) groups is 1. The first-order valence-corrected chi connectivity index (χ1v) is 7.30. The molecule has 0 fully saturated rings. The first-order chi connectivity index (χ1) is 8.53. The van der Waals surface area contributed by atoms with E-state index in [9.17, 15) is 13.2 Å². The Balaban J connectivity index is 2.33. The average Bonchev–Trinajstić information content (AvgIpc) is 2.29. The molecule has 0 saturated heterocycles. The molecule has 0 heterocycles. The fourth-order valence-electron chi connectivity index (χ4n) is 1.42. The van der Waals surface area contributed by atoms with Gasteiger partial charge in [-0.25, -0.2) is 8.42 Å². The lowest BCUT2D eigenvalue weighted by molar-refractivity contribution is -0.118. The third-order valence-corrected chi connectivity index (χ3v) is 3.54. The summed E-state index contributed by atoms with van der Waals surface area (Å²) in [6.07, 6.45) is 5.57. The molecule has 1 N–H and O–H groups in total. The molecule has 18 heavy (non-hydrogen) atoms. The summed E-state index contributed by atoms with van der Waals surface area (Å²) >= 11 is 0. The second-order valence-electron chi connectivity index (χ2n) is 3.82. The minimum absolute atomic E-state index is 0.404. The molecular weight excluding hydrogens is 250 g/mol. The number of sulfone groups is 1. The lowest BCUT2D eigenvalue weighted by Crippen LogP contribution is -2.32. The monoisotopic (exact) mass is 265 g/mol. The smallest absolute Gasteiger partial charge is 0.235 e. The summed E-state index contributed by atoms with van der Waals surface area (Å²) in [6, 6.07) is 9.63. The molecule has 0 aliphatic heterocycles. The number of hydrogen-bond donors (Lipinski definition) is 1. The van der Waals surface area contributed by atoms with Gasteiger partial charge in [0, 0.05) is 6.54 Å². The quantitative estimate of drug-likeness (QED) is 0.757. The molecule has 0 aliphatic carbocycles. The number of benzene rings is 1. The van der Waals surface area contributed by atoms with Gasteiger partial charge in [0.05, 0.1) is 0 Å². The van der Waals surface area contributed by atoms with Crippen LogP contribution in [-0.4, -0.2) is 32.4 Å². The average molecular weight is 265 g/mol. The fourth-order valence-corrected chi connectivity index (χ4v) is 2.28. The number of hydrogen-bond acceptors (Lipinski definition) is 3. The van der Waals surface area contributed by atoms with Crippen molar-refractivity contribution in [3.05, 3.63) is 35.9 Å². The van der Waals surface area contributed by atoms with Crippen LogP contribution in [0.2, 0.25) is 0 Å². The van der Waals surface area contributed by atoms with Crippen LogP contribution in [0.4, 0.5) is 0 Å². The van der Waals surface area contributed by atoms with E-state index in [-0.39, 0.29) is 0 Å². The van der Waals surface area contributed by atoms with Gasteiger partial charge < -0.3 is 5.32 Å². The Kier molecular flexibility index (Phi) is 5.40. The topological polar surface area (TPSA) is 63.2 Å². The largest absolute Gasteiger partial charge is 0.355 e. The molecule has 1 aromatic rings. The van der Waals surface area contributed by atoms with Gasteiger partial charge in [-0.05, 0) is 12.0 Å². The molecule has 0 aromatic heterocycles. The second-order valence-corrected chi connectivity index (χ2v) is 5.89. The SMILES string of the molecule is C#CCS(=O)(=O)CC(=O)NCCc1ccccc1. The van der Waals surface area contributed by atoms with Crippen molar-refractivity contribution in [1.82, 2.24) is 5.32 Å². The highest BCUT2D eigenvalue weighted by molar-refractivity contribution is 7.92. The molecule has 0 atom stereocenters. The van der Waals surface area contributed by atoms with Crippen LogP contribution < -0.4 is 5.32 Å². The molecule has 1 aromatic carbocycles. The molecule has 0 unspecified atom stereocenters. The van der Waals surface area contributed by atoms with E-state index in [1.54, 1.807) is 0 Å². The Morgan fingerprint density at radius 1 is 1.28 bits per heavy atom. The van der Waals surface area contributed by atoms with Crippen molar-refractivity contribution < 1.29 is 13.2 Å². The van der Waals surface area contributed by atoms with Crippen molar-refractivity contribution >= 4 is 15.7 Å². The number of terminal acetylenes is 1. The standard InChI is InChI=1S/C13H15NO3S/c1-2-10-18(16,17)11-13(15)14-9-8-12-6-4-3-5-7-12/h1,3-7H,8-11H2,(H,14,15).